The maximum Gasteiger partial charge on any atom is 0.253 e. The Morgan fingerprint density at radius 1 is 0.224 bits per heavy atom. The summed E-state index contributed by atoms with van der Waals surface area (Å²) >= 11 is 0. The van der Waals surface area contributed by atoms with Gasteiger partial charge in [-0.05, 0) is 136 Å². The highest BCUT2D eigenvalue weighted by Gasteiger charge is 2.26. The molecule has 0 aromatic heterocycles. The van der Waals surface area contributed by atoms with Gasteiger partial charge in [0.2, 0.25) is 0 Å². The van der Waals surface area contributed by atoms with Gasteiger partial charge in [-0.1, -0.05) is 259 Å². The van der Waals surface area contributed by atoms with Crippen LogP contribution >= 0.6 is 0 Å². The van der Waals surface area contributed by atoms with E-state index in [2.05, 4.69) is 27.7 Å². The molecule has 5 rings (SSSR count). The molecule has 0 bridgehead atoms. The van der Waals surface area contributed by atoms with Crippen LogP contribution in [0.4, 0.5) is 0 Å². The molecule has 98 heavy (non-hydrogen) atoms. The number of hydrogen-bond donors (Lipinski definition) is 0. The van der Waals surface area contributed by atoms with Crippen molar-refractivity contribution < 1.29 is 38.1 Å². The zero-order valence-electron chi connectivity index (χ0n) is 62.5. The molecule has 4 aromatic rings. The molecule has 4 amide bonds. The summed E-state index contributed by atoms with van der Waals surface area (Å²) in [6, 6.07) is 29.8. The number of benzene rings is 4. The smallest absolute Gasteiger partial charge is 0.253 e. The van der Waals surface area contributed by atoms with Crippen LogP contribution in [0.5, 0.6) is 23.0 Å². The molecule has 0 N–H and O–H groups in total. The molecule has 0 aliphatic carbocycles. The third-order valence-corrected chi connectivity index (χ3v) is 19.6. The highest BCUT2D eigenvalue weighted by Crippen LogP contribution is 2.23. The maximum atomic E-state index is 14.8. The van der Waals surface area contributed by atoms with Gasteiger partial charge in [-0.15, -0.1) is 0 Å². The van der Waals surface area contributed by atoms with Gasteiger partial charge in [0.05, 0.1) is 26.4 Å². The zero-order valence-corrected chi connectivity index (χ0v) is 62.5. The molecule has 12 heteroatoms. The van der Waals surface area contributed by atoms with E-state index in [0.717, 1.165) is 74.4 Å². The van der Waals surface area contributed by atoms with Crippen molar-refractivity contribution in [3.63, 3.8) is 0 Å². The highest BCUT2D eigenvalue weighted by atomic mass is 16.5. The fraction of sp³-hybridized carbons (Fsp3) is 0.674. The number of nitrogens with zero attached hydrogens (tertiary/aromatic N) is 4. The highest BCUT2D eigenvalue weighted by molar-refractivity contribution is 5.97. The number of carbonyl (C=O) groups excluding carboxylic acids is 4. The number of carbonyl (C=O) groups is 4. The zero-order chi connectivity index (χ0) is 69.6. The van der Waals surface area contributed by atoms with Crippen LogP contribution in [-0.2, 0) is 0 Å². The van der Waals surface area contributed by atoms with Crippen molar-refractivity contribution in [1.29, 1.82) is 0 Å². The molecule has 1 heterocycles. The summed E-state index contributed by atoms with van der Waals surface area (Å²) in [7, 11) is 0. The Morgan fingerprint density at radius 3 is 0.541 bits per heavy atom. The van der Waals surface area contributed by atoms with Crippen molar-refractivity contribution in [3.8, 4) is 23.0 Å². The molecule has 1 aliphatic rings. The second-order valence-electron chi connectivity index (χ2n) is 28.1. The van der Waals surface area contributed by atoms with Crippen LogP contribution in [0.25, 0.3) is 0 Å². The van der Waals surface area contributed by atoms with Gasteiger partial charge in [0, 0.05) is 74.6 Å². The lowest BCUT2D eigenvalue weighted by Gasteiger charge is -2.32. The molecule has 1 aliphatic heterocycles. The summed E-state index contributed by atoms with van der Waals surface area (Å²) in [6.45, 7) is 14.0. The summed E-state index contributed by atoms with van der Waals surface area (Å²) in [5.74, 6) is 2.37. The quantitative estimate of drug-likeness (QED) is 0.0401. The fourth-order valence-electron chi connectivity index (χ4n) is 13.3. The van der Waals surface area contributed by atoms with Gasteiger partial charge in [0.15, 0.2) is 0 Å². The van der Waals surface area contributed by atoms with Crippen molar-refractivity contribution in [2.45, 2.75) is 297 Å². The molecular formula is C86H136N4O8. The Labute approximate surface area is 596 Å². The van der Waals surface area contributed by atoms with E-state index in [1.807, 2.05) is 117 Å². The van der Waals surface area contributed by atoms with E-state index in [1.165, 1.54) is 205 Å². The monoisotopic (exact) mass is 1350 g/mol. The summed E-state index contributed by atoms with van der Waals surface area (Å²) in [5, 5.41) is 0. The molecule has 1 saturated heterocycles. The molecule has 0 radical (unpaired) electrons. The molecular weight excluding hydrogens is 1220 g/mol. The molecule has 548 valence electrons. The third-order valence-electron chi connectivity index (χ3n) is 19.6. The molecule has 0 unspecified atom stereocenters. The SMILES string of the molecule is CCCCCCCCCCCCOc1ccc(C(=O)N2CCCN(C(=O)c3ccc(OCCCCCCCCCCCC)cc3)CCN(C(=O)c3ccc(OCCCCCCCCCCCC)cc3)CCCN(C(=O)c3ccc(OCCCCCCCCCCCC)cc3)CC2)cc1. The van der Waals surface area contributed by atoms with Gasteiger partial charge in [-0.25, -0.2) is 0 Å². The van der Waals surface area contributed by atoms with Crippen LogP contribution in [0, 0.1) is 0 Å². The first kappa shape index (κ1) is 82.6. The van der Waals surface area contributed by atoms with Crippen LogP contribution in [0.15, 0.2) is 97.1 Å². The van der Waals surface area contributed by atoms with Crippen molar-refractivity contribution in [3.05, 3.63) is 119 Å². The number of rotatable bonds is 52. The van der Waals surface area contributed by atoms with Gasteiger partial charge >= 0.3 is 0 Å². The minimum atomic E-state index is -0.145. The van der Waals surface area contributed by atoms with Crippen LogP contribution in [-0.4, -0.2) is 122 Å². The molecule has 0 saturated carbocycles. The van der Waals surface area contributed by atoms with Crippen LogP contribution in [0.2, 0.25) is 0 Å². The van der Waals surface area contributed by atoms with Gasteiger partial charge in [-0.2, -0.15) is 0 Å². The van der Waals surface area contributed by atoms with Gasteiger partial charge in [0.25, 0.3) is 23.6 Å². The normalized spacial score (nSPS) is 13.3. The molecule has 4 aromatic carbocycles. The van der Waals surface area contributed by atoms with Gasteiger partial charge < -0.3 is 38.5 Å². The van der Waals surface area contributed by atoms with E-state index in [9.17, 15) is 19.2 Å². The van der Waals surface area contributed by atoms with E-state index >= 15 is 0 Å². The van der Waals surface area contributed by atoms with E-state index in [1.54, 1.807) is 0 Å². The predicted octanol–water partition coefficient (Wildman–Crippen LogP) is 22.5. The van der Waals surface area contributed by atoms with Crippen LogP contribution in [0.3, 0.4) is 0 Å². The first-order chi connectivity index (χ1) is 48.2. The number of hydrogen-bond acceptors (Lipinski definition) is 8. The van der Waals surface area contributed by atoms with E-state index in [-0.39, 0.29) is 49.8 Å². The Morgan fingerprint density at radius 2 is 0.378 bits per heavy atom. The van der Waals surface area contributed by atoms with Crippen molar-refractivity contribution >= 4 is 23.6 Å². The average Bonchev–Trinajstić information content (AvgIpc) is 0.891. The van der Waals surface area contributed by atoms with Crippen molar-refractivity contribution in [1.82, 2.24) is 19.6 Å². The Balaban J connectivity index is 1.30. The third kappa shape index (κ3) is 36.3. The lowest BCUT2D eigenvalue weighted by molar-refractivity contribution is 0.0595. The fourth-order valence-corrected chi connectivity index (χ4v) is 13.3. The van der Waals surface area contributed by atoms with Gasteiger partial charge in [0.1, 0.15) is 23.0 Å². The Hall–Kier alpha value is -6.04. The summed E-state index contributed by atoms with van der Waals surface area (Å²) in [4.78, 5) is 66.6. The molecule has 0 atom stereocenters. The number of ether oxygens (including phenoxy) is 4. The van der Waals surface area contributed by atoms with Crippen molar-refractivity contribution in [2.24, 2.45) is 0 Å². The molecule has 1 fully saturated rings. The standard InChI is InChI=1S/C86H136N4O8/c1-5-9-13-17-21-25-29-33-37-41-71-95-79-55-47-75(48-56-79)83(91)87-63-45-64-89(85(93)77-51-59-81(60-52-77)97-73-43-39-35-31-27-23-19-15-11-7-3)69-70-90(86(94)78-53-61-82(62-54-78)98-74-44-40-36-32-28-24-20-16-12-8-4)66-46-65-88(68-67-87)84(92)76-49-57-80(58-50-76)96-72-42-38-34-30-26-22-18-14-10-6-2/h47-62H,5-46,63-74H2,1-4H3. The van der Waals surface area contributed by atoms with Crippen molar-refractivity contribution in [2.75, 3.05) is 78.8 Å². The lowest BCUT2D eigenvalue weighted by Crippen LogP contribution is -2.46. The van der Waals surface area contributed by atoms with E-state index in [4.69, 9.17) is 18.9 Å². The number of unbranched alkanes of at least 4 members (excludes halogenated alkanes) is 36. The second kappa shape index (κ2) is 54.7. The minimum Gasteiger partial charge on any atom is -0.494 e. The van der Waals surface area contributed by atoms with E-state index < -0.39 is 0 Å². The molecule has 0 spiro atoms. The molecule has 12 nitrogen and oxygen atoms in total. The number of amides is 4. The largest absolute Gasteiger partial charge is 0.494 e. The predicted molar refractivity (Wildman–Crippen MR) is 408 cm³/mol. The van der Waals surface area contributed by atoms with Crippen LogP contribution in [0.1, 0.15) is 339 Å². The first-order valence-electron chi connectivity index (χ1n) is 40.3. The van der Waals surface area contributed by atoms with Gasteiger partial charge in [-0.3, -0.25) is 19.2 Å². The first-order valence-corrected chi connectivity index (χ1v) is 40.3. The summed E-state index contributed by atoms with van der Waals surface area (Å²) in [6.07, 6.45) is 51.3. The topological polar surface area (TPSA) is 118 Å². The average molecular weight is 1350 g/mol. The summed E-state index contributed by atoms with van der Waals surface area (Å²) in [5.41, 5.74) is 2.15. The second-order valence-corrected chi connectivity index (χ2v) is 28.1. The Bertz CT molecular complexity index is 2270. The summed E-state index contributed by atoms with van der Waals surface area (Å²) < 4.78 is 24.7. The lowest BCUT2D eigenvalue weighted by atomic mass is 10.1. The Kier molecular flexibility index (Phi) is 46.2. The van der Waals surface area contributed by atoms with Crippen LogP contribution < -0.4 is 18.9 Å². The minimum absolute atomic E-state index is 0.145. The van der Waals surface area contributed by atoms with E-state index in [0.29, 0.717) is 87.7 Å². The maximum absolute atomic E-state index is 14.8.